The first-order valence-corrected chi connectivity index (χ1v) is 16.0. The molecular weight excluding hydrogens is 574 g/mol. The highest BCUT2D eigenvalue weighted by atomic mass is 35.5. The molecule has 0 spiro atoms. The van der Waals surface area contributed by atoms with Crippen molar-refractivity contribution in [3.8, 4) is 5.75 Å². The second-order valence-corrected chi connectivity index (χ2v) is 12.9. The van der Waals surface area contributed by atoms with Crippen molar-refractivity contribution in [1.82, 2.24) is 10.2 Å². The van der Waals surface area contributed by atoms with Gasteiger partial charge in [0, 0.05) is 12.6 Å². The molecule has 4 rings (SSSR count). The van der Waals surface area contributed by atoms with E-state index in [1.807, 2.05) is 19.1 Å². The SMILES string of the molecule is COc1ccc(CN(C(=O)CN(c2ccccc2Cl)S(=O)(=O)c2ccc(C)cc2)[C@H](C)C(=O)NC2CCCCC2)cc1. The van der Waals surface area contributed by atoms with Crippen LogP contribution < -0.4 is 14.4 Å². The van der Waals surface area contributed by atoms with Gasteiger partial charge >= 0.3 is 0 Å². The molecule has 1 aliphatic rings. The van der Waals surface area contributed by atoms with E-state index in [-0.39, 0.29) is 34.1 Å². The van der Waals surface area contributed by atoms with Gasteiger partial charge in [0.05, 0.1) is 22.7 Å². The van der Waals surface area contributed by atoms with Gasteiger partial charge in [-0.05, 0) is 68.7 Å². The number of hydrogen-bond donors (Lipinski definition) is 1. The molecule has 8 nitrogen and oxygen atoms in total. The zero-order valence-corrected chi connectivity index (χ0v) is 25.8. The van der Waals surface area contributed by atoms with Gasteiger partial charge in [-0.3, -0.25) is 13.9 Å². The Morgan fingerprint density at radius 3 is 2.24 bits per heavy atom. The Bertz CT molecular complexity index is 1470. The average molecular weight is 612 g/mol. The average Bonchev–Trinajstić information content (AvgIpc) is 2.99. The summed E-state index contributed by atoms with van der Waals surface area (Å²) in [5.41, 5.74) is 1.85. The number of ether oxygens (including phenoxy) is 1. The Kier molecular flexibility index (Phi) is 10.5. The molecule has 0 heterocycles. The molecule has 0 aliphatic heterocycles. The van der Waals surface area contributed by atoms with Crippen LogP contribution in [0.2, 0.25) is 5.02 Å². The largest absolute Gasteiger partial charge is 0.497 e. The number of rotatable bonds is 11. The van der Waals surface area contributed by atoms with Crippen LogP contribution in [0.3, 0.4) is 0 Å². The van der Waals surface area contributed by atoms with Crippen LogP contribution in [0, 0.1) is 6.92 Å². The van der Waals surface area contributed by atoms with Crippen molar-refractivity contribution in [2.75, 3.05) is 18.0 Å². The third kappa shape index (κ3) is 7.63. The lowest BCUT2D eigenvalue weighted by molar-refractivity contribution is -0.139. The second-order valence-electron chi connectivity index (χ2n) is 10.7. The number of methoxy groups -OCH3 is 1. The van der Waals surface area contributed by atoms with Crippen molar-refractivity contribution in [3.63, 3.8) is 0 Å². The molecule has 1 N–H and O–H groups in total. The number of carbonyl (C=O) groups is 2. The third-order valence-corrected chi connectivity index (χ3v) is 9.73. The van der Waals surface area contributed by atoms with E-state index in [1.165, 1.54) is 17.0 Å². The van der Waals surface area contributed by atoms with Gasteiger partial charge in [0.1, 0.15) is 18.3 Å². The van der Waals surface area contributed by atoms with Gasteiger partial charge in [-0.1, -0.05) is 72.8 Å². The number of para-hydroxylation sites is 1. The summed E-state index contributed by atoms with van der Waals surface area (Å²) in [6, 6.07) is 19.3. The smallest absolute Gasteiger partial charge is 0.264 e. The fourth-order valence-corrected chi connectivity index (χ4v) is 6.80. The van der Waals surface area contributed by atoms with E-state index in [0.29, 0.717) is 5.75 Å². The molecule has 0 unspecified atom stereocenters. The second kappa shape index (κ2) is 14.1. The molecule has 1 fully saturated rings. The topological polar surface area (TPSA) is 96.0 Å². The number of benzene rings is 3. The molecule has 224 valence electrons. The highest BCUT2D eigenvalue weighted by Crippen LogP contribution is 2.31. The molecule has 0 saturated heterocycles. The molecule has 1 atom stereocenters. The molecule has 10 heteroatoms. The van der Waals surface area contributed by atoms with Crippen LogP contribution in [0.1, 0.15) is 50.2 Å². The minimum absolute atomic E-state index is 0.0330. The number of sulfonamides is 1. The van der Waals surface area contributed by atoms with Crippen LogP contribution in [0.5, 0.6) is 5.75 Å². The minimum Gasteiger partial charge on any atom is -0.497 e. The van der Waals surface area contributed by atoms with E-state index in [4.69, 9.17) is 16.3 Å². The Hall–Kier alpha value is -3.56. The van der Waals surface area contributed by atoms with Gasteiger partial charge in [-0.25, -0.2) is 8.42 Å². The van der Waals surface area contributed by atoms with Gasteiger partial charge in [0.2, 0.25) is 11.8 Å². The standard InChI is InChI=1S/C32H38ClN3O5S/c1-23-13-19-28(20-14-23)42(39,40)36(30-12-8-7-11-29(30)33)22-31(37)35(21-25-15-17-27(41-3)18-16-25)24(2)32(38)34-26-9-5-4-6-10-26/h7-8,11-20,24,26H,4-6,9-10,21-22H2,1-3H3,(H,34,38)/t24-/m1/s1. The molecule has 0 radical (unpaired) electrons. The van der Waals surface area contributed by atoms with Crippen molar-refractivity contribution >= 4 is 39.1 Å². The van der Waals surface area contributed by atoms with E-state index in [9.17, 15) is 18.0 Å². The number of nitrogens with one attached hydrogen (secondary N) is 1. The molecule has 1 aliphatic carbocycles. The van der Waals surface area contributed by atoms with Crippen molar-refractivity contribution in [2.24, 2.45) is 0 Å². The lowest BCUT2D eigenvalue weighted by Gasteiger charge is -2.33. The Balaban J connectivity index is 1.68. The number of halogens is 1. The molecule has 0 bridgehead atoms. The zero-order valence-electron chi connectivity index (χ0n) is 24.3. The maximum atomic E-state index is 14.1. The maximum absolute atomic E-state index is 14.1. The summed E-state index contributed by atoms with van der Waals surface area (Å²) in [4.78, 5) is 29.0. The maximum Gasteiger partial charge on any atom is 0.264 e. The van der Waals surface area contributed by atoms with Gasteiger partial charge < -0.3 is 15.0 Å². The normalized spacial score (nSPS) is 14.6. The fourth-order valence-electron chi connectivity index (χ4n) is 5.08. The fraction of sp³-hybridized carbons (Fsp3) is 0.375. The lowest BCUT2D eigenvalue weighted by Crippen LogP contribution is -2.53. The summed E-state index contributed by atoms with van der Waals surface area (Å²) >= 11 is 6.47. The molecular formula is C32H38ClN3O5S. The quantitative estimate of drug-likeness (QED) is 0.299. The Morgan fingerprint density at radius 2 is 1.62 bits per heavy atom. The van der Waals surface area contributed by atoms with Gasteiger partial charge in [-0.15, -0.1) is 0 Å². The summed E-state index contributed by atoms with van der Waals surface area (Å²) in [6.45, 7) is 3.09. The van der Waals surface area contributed by atoms with Crippen molar-refractivity contribution in [1.29, 1.82) is 0 Å². The predicted octanol–water partition coefficient (Wildman–Crippen LogP) is 5.72. The van der Waals surface area contributed by atoms with E-state index in [1.54, 1.807) is 62.6 Å². The van der Waals surface area contributed by atoms with Crippen LogP contribution in [0.15, 0.2) is 77.7 Å². The van der Waals surface area contributed by atoms with Crippen LogP contribution >= 0.6 is 11.6 Å². The van der Waals surface area contributed by atoms with Crippen LogP contribution in [0.25, 0.3) is 0 Å². The predicted molar refractivity (Wildman–Crippen MR) is 165 cm³/mol. The first-order chi connectivity index (χ1) is 20.1. The highest BCUT2D eigenvalue weighted by Gasteiger charge is 2.34. The Labute approximate surface area is 253 Å². The highest BCUT2D eigenvalue weighted by molar-refractivity contribution is 7.92. The number of hydrogen-bond acceptors (Lipinski definition) is 5. The number of amides is 2. The van der Waals surface area contributed by atoms with Crippen LogP contribution in [-0.2, 0) is 26.2 Å². The van der Waals surface area contributed by atoms with Crippen molar-refractivity contribution < 1.29 is 22.7 Å². The van der Waals surface area contributed by atoms with Gasteiger partial charge in [0.15, 0.2) is 0 Å². The summed E-state index contributed by atoms with van der Waals surface area (Å²) in [5, 5.41) is 3.29. The lowest BCUT2D eigenvalue weighted by atomic mass is 9.95. The Morgan fingerprint density at radius 1 is 0.976 bits per heavy atom. The third-order valence-electron chi connectivity index (χ3n) is 7.64. The molecule has 0 aromatic heterocycles. The summed E-state index contributed by atoms with van der Waals surface area (Å²) in [5.74, 6) is -0.143. The van der Waals surface area contributed by atoms with Gasteiger partial charge in [-0.2, -0.15) is 0 Å². The first-order valence-electron chi connectivity index (χ1n) is 14.2. The molecule has 2 amide bonds. The van der Waals surface area contributed by atoms with E-state index in [2.05, 4.69) is 5.32 Å². The van der Waals surface area contributed by atoms with E-state index >= 15 is 0 Å². The number of nitrogens with zero attached hydrogens (tertiary/aromatic N) is 2. The number of aryl methyl sites for hydroxylation is 1. The van der Waals surface area contributed by atoms with Crippen molar-refractivity contribution in [2.45, 2.75) is 69.5 Å². The molecule has 42 heavy (non-hydrogen) atoms. The minimum atomic E-state index is -4.19. The first kappa shape index (κ1) is 31.4. The van der Waals surface area contributed by atoms with Crippen molar-refractivity contribution in [3.05, 3.63) is 88.9 Å². The summed E-state index contributed by atoms with van der Waals surface area (Å²) in [7, 11) is -2.62. The van der Waals surface area contributed by atoms with Gasteiger partial charge in [0.25, 0.3) is 10.0 Å². The number of anilines is 1. The molecule has 1 saturated carbocycles. The number of carbonyl (C=O) groups excluding carboxylic acids is 2. The van der Waals surface area contributed by atoms with Crippen LogP contribution in [0.4, 0.5) is 5.69 Å². The van der Waals surface area contributed by atoms with Crippen LogP contribution in [-0.4, -0.2) is 50.9 Å². The zero-order chi connectivity index (χ0) is 30.3. The molecule has 3 aromatic carbocycles. The van der Waals surface area contributed by atoms with E-state index in [0.717, 1.165) is 47.5 Å². The summed E-state index contributed by atoms with van der Waals surface area (Å²) < 4.78 is 34.2. The molecule has 3 aromatic rings. The van der Waals surface area contributed by atoms with E-state index < -0.39 is 28.5 Å². The summed E-state index contributed by atoms with van der Waals surface area (Å²) in [6.07, 6.45) is 5.06. The monoisotopic (exact) mass is 611 g/mol.